The Morgan fingerprint density at radius 2 is 1.14 bits per heavy atom. The molecule has 0 saturated heterocycles. The predicted octanol–water partition coefficient (Wildman–Crippen LogP) is 5.13. The van der Waals surface area contributed by atoms with Crippen LogP contribution in [0.25, 0.3) is 20.4 Å². The Labute approximate surface area is 221 Å². The van der Waals surface area contributed by atoms with Gasteiger partial charge in [0.05, 0.1) is 20.4 Å². The van der Waals surface area contributed by atoms with Crippen LogP contribution in [0.4, 0.5) is 10.3 Å². The number of nitrogens with zero attached hydrogens (tertiary/aromatic N) is 4. The van der Waals surface area contributed by atoms with Crippen molar-refractivity contribution in [3.8, 4) is 0 Å². The lowest BCUT2D eigenvalue weighted by Gasteiger charge is -2.04. The normalized spacial score (nSPS) is 10.5. The number of amides is 3. The molecule has 0 fully saturated rings. The van der Waals surface area contributed by atoms with E-state index in [1.165, 1.54) is 27.6 Å². The first kappa shape index (κ1) is 25.9. The molecule has 0 unspecified atom stereocenters. The summed E-state index contributed by atoms with van der Waals surface area (Å²) in [5.41, 5.74) is 4.07. The van der Waals surface area contributed by atoms with Crippen molar-refractivity contribution in [1.82, 2.24) is 19.9 Å². The quantitative estimate of drug-likeness (QED) is 0.303. The molecule has 0 atom stereocenters. The summed E-state index contributed by atoms with van der Waals surface area (Å²) in [4.78, 5) is 49.5. The minimum absolute atomic E-state index is 0.133. The van der Waals surface area contributed by atoms with Crippen LogP contribution in [-0.4, -0.2) is 52.2 Å². The topological polar surface area (TPSA) is 117 Å². The van der Waals surface area contributed by atoms with Gasteiger partial charge in [0.15, 0.2) is 10.3 Å². The summed E-state index contributed by atoms with van der Waals surface area (Å²) < 4.78 is 1.99. The van der Waals surface area contributed by atoms with Gasteiger partial charge in [-0.05, 0) is 49.2 Å². The van der Waals surface area contributed by atoms with Crippen LogP contribution in [0.1, 0.15) is 32.1 Å². The van der Waals surface area contributed by atoms with E-state index in [4.69, 9.17) is 0 Å². The highest BCUT2D eigenvalue weighted by molar-refractivity contribution is 7.22. The number of carbonyl (C=O) groups excluding carboxylic acids is 3. The summed E-state index contributed by atoms with van der Waals surface area (Å²) in [7, 11) is 3.38. The van der Waals surface area contributed by atoms with Crippen LogP contribution in [0, 0.1) is 13.8 Å². The standard InChI is InChI=1S/C23H17N5O2S2.C3H7NO/c1-12-6-3-10-16-18(12)25-22(31-16)27-20(29)14-8-5-9-15(24-14)21(30)28-23-26-19-13(2)7-4-11-17(19)32-23;1-4(2)3-5/h3-11H,1-2H3,(H,25,27,29)(H,26,28,30);3H,1-2H3. The average molecular weight is 533 g/mol. The summed E-state index contributed by atoms with van der Waals surface area (Å²) in [6.45, 7) is 3.95. The number of aryl methyl sites for hydroxylation is 2. The van der Waals surface area contributed by atoms with Gasteiger partial charge in [0, 0.05) is 14.1 Å². The highest BCUT2D eigenvalue weighted by Crippen LogP contribution is 2.29. The molecule has 0 aliphatic heterocycles. The molecule has 5 rings (SSSR count). The molecule has 0 aliphatic carbocycles. The minimum atomic E-state index is -0.424. The van der Waals surface area contributed by atoms with Crippen LogP contribution in [0.3, 0.4) is 0 Å². The van der Waals surface area contributed by atoms with Crippen molar-refractivity contribution >= 4 is 71.6 Å². The van der Waals surface area contributed by atoms with Crippen LogP contribution >= 0.6 is 22.7 Å². The van der Waals surface area contributed by atoms with Gasteiger partial charge >= 0.3 is 0 Å². The molecule has 0 spiro atoms. The largest absolute Gasteiger partial charge is 0.351 e. The van der Waals surface area contributed by atoms with Crippen molar-refractivity contribution < 1.29 is 14.4 Å². The molecule has 2 aromatic carbocycles. The summed E-state index contributed by atoms with van der Waals surface area (Å²) in [6, 6.07) is 16.5. The van der Waals surface area contributed by atoms with Crippen molar-refractivity contribution in [3.63, 3.8) is 0 Å². The Morgan fingerprint density at radius 1 is 0.730 bits per heavy atom. The fourth-order valence-electron chi connectivity index (χ4n) is 3.29. The number of anilines is 2. The Bertz CT molecular complexity index is 1500. The zero-order chi connectivity index (χ0) is 26.5. The lowest BCUT2D eigenvalue weighted by atomic mass is 10.2. The van der Waals surface area contributed by atoms with Crippen molar-refractivity contribution in [2.75, 3.05) is 24.7 Å². The molecule has 0 aliphatic rings. The van der Waals surface area contributed by atoms with E-state index in [1.807, 2.05) is 50.2 Å². The molecule has 188 valence electrons. The van der Waals surface area contributed by atoms with E-state index >= 15 is 0 Å². The van der Waals surface area contributed by atoms with Gasteiger partial charge in [0.2, 0.25) is 6.41 Å². The van der Waals surface area contributed by atoms with Crippen LogP contribution in [0.5, 0.6) is 0 Å². The SMILES string of the molecule is CN(C)C=O.Cc1cccc2sc(NC(=O)c3cccc(C(=O)Nc4nc5c(C)cccc5s4)n3)nc12. The maximum absolute atomic E-state index is 12.7. The molecule has 0 radical (unpaired) electrons. The second kappa shape index (κ2) is 11.2. The Balaban J connectivity index is 0.000000586. The van der Waals surface area contributed by atoms with Gasteiger partial charge in [-0.15, -0.1) is 0 Å². The molecule has 9 nitrogen and oxygen atoms in total. The Hall–Kier alpha value is -4.22. The number of hydrogen-bond acceptors (Lipinski definition) is 8. The number of pyridine rings is 1. The second-order valence-corrected chi connectivity index (χ2v) is 10.3. The number of aromatic nitrogens is 3. The van der Waals surface area contributed by atoms with Gasteiger partial charge in [-0.3, -0.25) is 25.0 Å². The number of fused-ring (bicyclic) bond motifs is 2. The number of hydrogen-bond donors (Lipinski definition) is 2. The maximum Gasteiger partial charge on any atom is 0.276 e. The second-order valence-electron chi connectivity index (χ2n) is 8.27. The van der Waals surface area contributed by atoms with E-state index in [0.717, 1.165) is 38.0 Å². The van der Waals surface area contributed by atoms with Crippen LogP contribution < -0.4 is 10.6 Å². The highest BCUT2D eigenvalue weighted by Gasteiger charge is 2.16. The third-order valence-corrected chi connectivity index (χ3v) is 6.98. The minimum Gasteiger partial charge on any atom is -0.351 e. The lowest BCUT2D eigenvalue weighted by Crippen LogP contribution is -2.18. The summed E-state index contributed by atoms with van der Waals surface area (Å²) in [6.07, 6.45) is 0.750. The maximum atomic E-state index is 12.7. The molecule has 0 saturated carbocycles. The van der Waals surface area contributed by atoms with E-state index in [9.17, 15) is 14.4 Å². The van der Waals surface area contributed by atoms with Crippen LogP contribution in [0.2, 0.25) is 0 Å². The molecule has 2 N–H and O–H groups in total. The molecular formula is C26H24N6O3S2. The number of para-hydroxylation sites is 2. The van der Waals surface area contributed by atoms with Crippen molar-refractivity contribution in [1.29, 1.82) is 0 Å². The molecular weight excluding hydrogens is 508 g/mol. The molecule has 3 heterocycles. The fourth-order valence-corrected chi connectivity index (χ4v) is 5.17. The van der Waals surface area contributed by atoms with Gasteiger partial charge in [-0.2, -0.15) is 0 Å². The van der Waals surface area contributed by atoms with Crippen molar-refractivity contribution in [2.45, 2.75) is 13.8 Å². The zero-order valence-electron chi connectivity index (χ0n) is 20.6. The first-order valence-electron chi connectivity index (χ1n) is 11.2. The first-order valence-corrected chi connectivity index (χ1v) is 12.8. The van der Waals surface area contributed by atoms with Gasteiger partial charge in [-0.25, -0.2) is 15.0 Å². The third kappa shape index (κ3) is 6.13. The molecule has 3 aromatic heterocycles. The van der Waals surface area contributed by atoms with Gasteiger partial charge in [-0.1, -0.05) is 53.0 Å². The highest BCUT2D eigenvalue weighted by atomic mass is 32.1. The van der Waals surface area contributed by atoms with E-state index in [2.05, 4.69) is 25.6 Å². The summed E-state index contributed by atoms with van der Waals surface area (Å²) in [5, 5.41) is 6.53. The van der Waals surface area contributed by atoms with Crippen LogP contribution in [-0.2, 0) is 4.79 Å². The van der Waals surface area contributed by atoms with Gasteiger partial charge in [0.1, 0.15) is 11.4 Å². The Morgan fingerprint density at radius 3 is 1.51 bits per heavy atom. The molecule has 5 aromatic rings. The van der Waals surface area contributed by atoms with E-state index < -0.39 is 11.8 Å². The van der Waals surface area contributed by atoms with Gasteiger partial charge < -0.3 is 4.90 Å². The fraction of sp³-hybridized carbons (Fsp3) is 0.154. The van der Waals surface area contributed by atoms with Crippen molar-refractivity contribution in [2.24, 2.45) is 0 Å². The smallest absolute Gasteiger partial charge is 0.276 e. The summed E-state index contributed by atoms with van der Waals surface area (Å²) >= 11 is 2.79. The molecule has 0 bridgehead atoms. The average Bonchev–Trinajstić information content (AvgIpc) is 3.49. The van der Waals surface area contributed by atoms with E-state index in [-0.39, 0.29) is 11.4 Å². The van der Waals surface area contributed by atoms with E-state index in [1.54, 1.807) is 32.3 Å². The number of benzene rings is 2. The predicted molar refractivity (Wildman–Crippen MR) is 149 cm³/mol. The molecule has 37 heavy (non-hydrogen) atoms. The molecule has 11 heteroatoms. The third-order valence-electron chi connectivity index (χ3n) is 5.11. The Kier molecular flexibility index (Phi) is 7.85. The lowest BCUT2D eigenvalue weighted by molar-refractivity contribution is -0.115. The monoisotopic (exact) mass is 532 g/mol. The number of carbonyl (C=O) groups is 3. The number of rotatable bonds is 5. The van der Waals surface area contributed by atoms with E-state index in [0.29, 0.717) is 10.3 Å². The summed E-state index contributed by atoms with van der Waals surface area (Å²) in [5.74, 6) is -0.848. The first-order chi connectivity index (χ1) is 17.7. The zero-order valence-corrected chi connectivity index (χ0v) is 22.2. The number of nitrogens with one attached hydrogen (secondary N) is 2. The van der Waals surface area contributed by atoms with Crippen LogP contribution in [0.15, 0.2) is 54.6 Å². The number of thiazole rings is 2. The van der Waals surface area contributed by atoms with Gasteiger partial charge in [0.25, 0.3) is 11.8 Å². The molecule has 3 amide bonds. The van der Waals surface area contributed by atoms with Crippen molar-refractivity contribution in [3.05, 3.63) is 77.1 Å².